The third kappa shape index (κ3) is 4.13. The molecule has 0 aliphatic carbocycles. The minimum atomic E-state index is -0.102. The van der Waals surface area contributed by atoms with Crippen LogP contribution in [0.15, 0.2) is 42.0 Å². The Hall–Kier alpha value is -2.58. The van der Waals surface area contributed by atoms with E-state index in [0.29, 0.717) is 36.6 Å². The number of hydrogen-bond donors (Lipinski definition) is 1. The van der Waals surface area contributed by atoms with Crippen molar-refractivity contribution in [3.63, 3.8) is 0 Å². The van der Waals surface area contributed by atoms with Gasteiger partial charge in [-0.05, 0) is 48.9 Å². The molecule has 1 N–H and O–H groups in total. The monoisotopic (exact) mass is 412 g/mol. The highest BCUT2D eigenvalue weighted by atomic mass is 32.1. The number of aryl methyl sites for hydroxylation is 1. The molecule has 144 valence electrons. The van der Waals surface area contributed by atoms with E-state index in [0.717, 1.165) is 15.4 Å². The quantitative estimate of drug-likeness (QED) is 0.701. The molecule has 2 amide bonds. The minimum absolute atomic E-state index is 0.000449. The maximum Gasteiger partial charge on any atom is 0.265 e. The number of aromatic nitrogens is 2. The molecule has 3 aromatic heterocycles. The van der Waals surface area contributed by atoms with Crippen molar-refractivity contribution in [2.45, 2.75) is 19.8 Å². The van der Waals surface area contributed by atoms with E-state index >= 15 is 0 Å². The number of hydrogen-bond acceptors (Lipinski definition) is 6. The van der Waals surface area contributed by atoms with Crippen molar-refractivity contribution in [1.82, 2.24) is 14.9 Å². The highest BCUT2D eigenvalue weighted by Gasteiger charge is 2.29. The average Bonchev–Trinajstić information content (AvgIpc) is 3.39. The highest BCUT2D eigenvalue weighted by molar-refractivity contribution is 7.21. The van der Waals surface area contributed by atoms with Gasteiger partial charge < -0.3 is 10.2 Å². The molecular weight excluding hydrogens is 392 g/mol. The van der Waals surface area contributed by atoms with E-state index in [4.69, 9.17) is 0 Å². The van der Waals surface area contributed by atoms with Gasteiger partial charge in [-0.15, -0.1) is 22.7 Å². The number of thiazole rings is 1. The van der Waals surface area contributed by atoms with E-state index in [1.165, 1.54) is 11.3 Å². The molecule has 1 saturated heterocycles. The first-order valence-corrected chi connectivity index (χ1v) is 10.8. The fourth-order valence-corrected chi connectivity index (χ4v) is 4.91. The summed E-state index contributed by atoms with van der Waals surface area (Å²) in [6.45, 7) is 3.11. The zero-order valence-corrected chi connectivity index (χ0v) is 17.1. The molecule has 0 atom stereocenters. The Balaban J connectivity index is 1.33. The molecule has 6 nitrogen and oxygen atoms in total. The van der Waals surface area contributed by atoms with Gasteiger partial charge >= 0.3 is 0 Å². The van der Waals surface area contributed by atoms with Gasteiger partial charge in [0.15, 0.2) is 0 Å². The lowest BCUT2D eigenvalue weighted by Crippen LogP contribution is -2.41. The molecule has 0 saturated carbocycles. The summed E-state index contributed by atoms with van der Waals surface area (Å²) < 4.78 is 0. The first-order valence-electron chi connectivity index (χ1n) is 9.12. The molecule has 8 heteroatoms. The predicted octanol–water partition coefficient (Wildman–Crippen LogP) is 4.07. The number of amides is 2. The normalized spacial score (nSPS) is 14.8. The summed E-state index contributed by atoms with van der Waals surface area (Å²) in [6.07, 6.45) is 4.65. The van der Waals surface area contributed by atoms with Gasteiger partial charge in [-0.3, -0.25) is 9.59 Å². The van der Waals surface area contributed by atoms with Gasteiger partial charge in [0.25, 0.3) is 5.91 Å². The van der Waals surface area contributed by atoms with Crippen molar-refractivity contribution in [3.8, 4) is 9.88 Å². The maximum atomic E-state index is 12.8. The molecule has 28 heavy (non-hydrogen) atoms. The number of anilines is 1. The number of rotatable bonds is 4. The Morgan fingerprint density at radius 2 is 2.04 bits per heavy atom. The Kier molecular flexibility index (Phi) is 5.50. The van der Waals surface area contributed by atoms with Crippen LogP contribution in [0.2, 0.25) is 0 Å². The van der Waals surface area contributed by atoms with Crippen LogP contribution in [-0.2, 0) is 4.79 Å². The molecule has 0 spiro atoms. The molecule has 1 aliphatic rings. The van der Waals surface area contributed by atoms with Crippen LogP contribution in [0.1, 0.15) is 28.1 Å². The van der Waals surface area contributed by atoms with Crippen molar-refractivity contribution in [2.75, 3.05) is 18.4 Å². The fraction of sp³-hybridized carbons (Fsp3) is 0.300. The largest absolute Gasteiger partial charge is 0.338 e. The van der Waals surface area contributed by atoms with Crippen LogP contribution in [0.4, 0.5) is 5.82 Å². The summed E-state index contributed by atoms with van der Waals surface area (Å²) in [5.41, 5.74) is 1.05. The first-order chi connectivity index (χ1) is 13.6. The summed E-state index contributed by atoms with van der Waals surface area (Å²) in [5.74, 6) is 0.450. The summed E-state index contributed by atoms with van der Waals surface area (Å²) in [7, 11) is 0. The van der Waals surface area contributed by atoms with E-state index < -0.39 is 0 Å². The lowest BCUT2D eigenvalue weighted by molar-refractivity contribution is -0.121. The third-order valence-corrected chi connectivity index (χ3v) is 6.79. The molecule has 1 aliphatic heterocycles. The van der Waals surface area contributed by atoms with E-state index in [1.54, 1.807) is 23.7 Å². The van der Waals surface area contributed by atoms with Gasteiger partial charge in [0.05, 0.1) is 11.1 Å². The molecule has 0 unspecified atom stereocenters. The lowest BCUT2D eigenvalue weighted by Gasteiger charge is -2.30. The predicted molar refractivity (Wildman–Crippen MR) is 112 cm³/mol. The SMILES string of the molecule is Cc1ccnc(NC(=O)C2CCN(C(=O)c3cnc(-c4cccs4)s3)CC2)c1. The van der Waals surface area contributed by atoms with Gasteiger partial charge in [-0.1, -0.05) is 6.07 Å². The maximum absolute atomic E-state index is 12.8. The lowest BCUT2D eigenvalue weighted by atomic mass is 9.96. The number of piperidine rings is 1. The average molecular weight is 413 g/mol. The van der Waals surface area contributed by atoms with Crippen molar-refractivity contribution >= 4 is 40.3 Å². The number of nitrogens with one attached hydrogen (secondary N) is 1. The number of pyridine rings is 1. The smallest absolute Gasteiger partial charge is 0.265 e. The summed E-state index contributed by atoms with van der Waals surface area (Å²) in [6, 6.07) is 7.73. The van der Waals surface area contributed by atoms with Gasteiger partial charge in [-0.2, -0.15) is 0 Å². The van der Waals surface area contributed by atoms with Crippen molar-refractivity contribution in [2.24, 2.45) is 5.92 Å². The van der Waals surface area contributed by atoms with Crippen LogP contribution in [0, 0.1) is 12.8 Å². The molecule has 4 rings (SSSR count). The molecular formula is C20H20N4O2S2. The second-order valence-electron chi connectivity index (χ2n) is 6.78. The molecule has 3 aromatic rings. The molecule has 0 aromatic carbocycles. The van der Waals surface area contributed by atoms with Crippen molar-refractivity contribution in [1.29, 1.82) is 0 Å². The number of carbonyl (C=O) groups excluding carboxylic acids is 2. The van der Waals surface area contributed by atoms with Gasteiger partial charge in [0.1, 0.15) is 15.7 Å². The molecule has 0 radical (unpaired) electrons. The van der Waals surface area contributed by atoms with E-state index in [1.807, 2.05) is 41.5 Å². The summed E-state index contributed by atoms with van der Waals surface area (Å²) in [4.78, 5) is 37.4. The van der Waals surface area contributed by atoms with Crippen LogP contribution in [-0.4, -0.2) is 39.8 Å². The van der Waals surface area contributed by atoms with Crippen LogP contribution in [0.25, 0.3) is 9.88 Å². The minimum Gasteiger partial charge on any atom is -0.338 e. The first kappa shape index (κ1) is 18.8. The zero-order chi connectivity index (χ0) is 19.5. The van der Waals surface area contributed by atoms with Crippen LogP contribution < -0.4 is 5.32 Å². The van der Waals surface area contributed by atoms with Gasteiger partial charge in [0, 0.05) is 25.2 Å². The van der Waals surface area contributed by atoms with E-state index in [-0.39, 0.29) is 17.7 Å². The third-order valence-electron chi connectivity index (χ3n) is 4.77. The van der Waals surface area contributed by atoms with Crippen molar-refractivity contribution in [3.05, 3.63) is 52.5 Å². The number of nitrogens with zero attached hydrogens (tertiary/aromatic N) is 3. The van der Waals surface area contributed by atoms with Gasteiger partial charge in [-0.25, -0.2) is 9.97 Å². The topological polar surface area (TPSA) is 75.2 Å². The molecule has 0 bridgehead atoms. The van der Waals surface area contributed by atoms with E-state index in [2.05, 4.69) is 15.3 Å². The second-order valence-corrected chi connectivity index (χ2v) is 8.76. The molecule has 1 fully saturated rings. The Bertz CT molecular complexity index is 976. The van der Waals surface area contributed by atoms with Crippen LogP contribution in [0.5, 0.6) is 0 Å². The Labute approximate surface area is 171 Å². The number of likely N-dealkylation sites (tertiary alicyclic amines) is 1. The van der Waals surface area contributed by atoms with Crippen molar-refractivity contribution < 1.29 is 9.59 Å². The Morgan fingerprint density at radius 1 is 1.21 bits per heavy atom. The number of carbonyl (C=O) groups is 2. The molecule has 4 heterocycles. The number of thiophene rings is 1. The van der Waals surface area contributed by atoms with E-state index in [9.17, 15) is 9.59 Å². The standard InChI is InChI=1S/C20H20N4O2S2/c1-13-4-7-21-17(11-13)23-18(25)14-5-8-24(9-6-14)20(26)16-12-22-19(28-16)15-3-2-10-27-15/h2-4,7,10-12,14H,5-6,8-9H2,1H3,(H,21,23,25). The van der Waals surface area contributed by atoms with Gasteiger partial charge in [0.2, 0.25) is 5.91 Å². The summed E-state index contributed by atoms with van der Waals surface area (Å²) in [5, 5.41) is 5.76. The Morgan fingerprint density at radius 3 is 2.75 bits per heavy atom. The second kappa shape index (κ2) is 8.20. The van der Waals surface area contributed by atoms with Crippen LogP contribution >= 0.6 is 22.7 Å². The van der Waals surface area contributed by atoms with Crippen LogP contribution in [0.3, 0.4) is 0 Å². The zero-order valence-electron chi connectivity index (χ0n) is 15.4. The summed E-state index contributed by atoms with van der Waals surface area (Å²) >= 11 is 3.04. The fourth-order valence-electron chi connectivity index (χ4n) is 3.22. The highest BCUT2D eigenvalue weighted by Crippen LogP contribution is 2.30.